The first kappa shape index (κ1) is 11.7. The smallest absolute Gasteiger partial charge is 0.130 e. The Hall–Kier alpha value is -0.340. The van der Waals surface area contributed by atoms with Crippen LogP contribution in [0.4, 0.5) is 4.39 Å². The molecular weight excluding hydrogens is 266 g/mol. The molecule has 0 unspecified atom stereocenters. The van der Waals surface area contributed by atoms with Crippen molar-refractivity contribution in [3.63, 3.8) is 0 Å². The monoisotopic (exact) mass is 276 g/mol. The highest BCUT2D eigenvalue weighted by Crippen LogP contribution is 2.22. The van der Waals surface area contributed by atoms with Gasteiger partial charge < -0.3 is 0 Å². The van der Waals surface area contributed by atoms with Crippen LogP contribution in [0, 0.1) is 5.82 Å². The molecule has 0 saturated carbocycles. The second-order valence-corrected chi connectivity index (χ2v) is 4.28. The van der Waals surface area contributed by atoms with Crippen LogP contribution in [-0.4, -0.2) is 5.88 Å². The minimum Gasteiger partial charge on any atom is -0.206 e. The van der Waals surface area contributed by atoms with Gasteiger partial charge in [0.05, 0.1) is 0 Å². The van der Waals surface area contributed by atoms with E-state index in [0.29, 0.717) is 11.4 Å². The van der Waals surface area contributed by atoms with E-state index in [4.69, 9.17) is 11.6 Å². The number of hydrogen-bond acceptors (Lipinski definition) is 0. The molecule has 1 aromatic rings. The van der Waals surface area contributed by atoms with Crippen LogP contribution in [0.5, 0.6) is 0 Å². The Morgan fingerprint density at radius 3 is 2.93 bits per heavy atom. The van der Waals surface area contributed by atoms with Gasteiger partial charge >= 0.3 is 0 Å². The molecule has 1 aromatic carbocycles. The first-order chi connectivity index (χ1) is 6.65. The van der Waals surface area contributed by atoms with Gasteiger partial charge in [-0.15, -0.1) is 11.6 Å². The third kappa shape index (κ3) is 3.10. The average Bonchev–Trinajstić information content (AvgIpc) is 2.18. The van der Waals surface area contributed by atoms with Gasteiger partial charge in [-0.05, 0) is 37.1 Å². The van der Waals surface area contributed by atoms with Gasteiger partial charge in [0.15, 0.2) is 0 Å². The van der Waals surface area contributed by atoms with Crippen molar-refractivity contribution >= 4 is 33.1 Å². The lowest BCUT2D eigenvalue weighted by molar-refractivity contribution is 0.623. The van der Waals surface area contributed by atoms with Crippen LogP contribution in [-0.2, 0) is 0 Å². The van der Waals surface area contributed by atoms with Crippen LogP contribution >= 0.6 is 27.5 Å². The molecule has 0 aliphatic carbocycles. The molecule has 0 spiro atoms. The number of benzene rings is 1. The molecule has 0 bridgehead atoms. The molecule has 0 aliphatic heterocycles. The molecule has 0 fully saturated rings. The summed E-state index contributed by atoms with van der Waals surface area (Å²) in [5, 5.41) is 0. The Bertz CT molecular complexity index is 347. The third-order valence-corrected chi connectivity index (χ3v) is 2.62. The van der Waals surface area contributed by atoms with Crippen LogP contribution in [0.3, 0.4) is 0 Å². The molecule has 0 saturated heterocycles. The molecule has 0 N–H and O–H groups in total. The van der Waals surface area contributed by atoms with Gasteiger partial charge in [0.25, 0.3) is 0 Å². The third-order valence-electron chi connectivity index (χ3n) is 1.91. The SMILES string of the molecule is CC(=CCCCl)c1cc(Br)ccc1F. The van der Waals surface area contributed by atoms with E-state index in [1.807, 2.05) is 13.0 Å². The highest BCUT2D eigenvalue weighted by molar-refractivity contribution is 9.10. The highest BCUT2D eigenvalue weighted by atomic mass is 79.9. The molecule has 76 valence electrons. The number of hydrogen-bond donors (Lipinski definition) is 0. The largest absolute Gasteiger partial charge is 0.206 e. The first-order valence-corrected chi connectivity index (χ1v) is 5.66. The maximum absolute atomic E-state index is 13.4. The van der Waals surface area contributed by atoms with Crippen LogP contribution < -0.4 is 0 Å². The predicted molar refractivity (Wildman–Crippen MR) is 63.1 cm³/mol. The summed E-state index contributed by atoms with van der Waals surface area (Å²) in [6.07, 6.45) is 2.71. The Morgan fingerprint density at radius 2 is 2.29 bits per heavy atom. The van der Waals surface area contributed by atoms with E-state index < -0.39 is 0 Å². The normalized spacial score (nSPS) is 11.9. The lowest BCUT2D eigenvalue weighted by atomic mass is 10.1. The number of alkyl halides is 1. The number of halogens is 3. The fourth-order valence-electron chi connectivity index (χ4n) is 1.18. The molecule has 14 heavy (non-hydrogen) atoms. The van der Waals surface area contributed by atoms with Crippen LogP contribution in [0.25, 0.3) is 5.57 Å². The van der Waals surface area contributed by atoms with E-state index in [-0.39, 0.29) is 5.82 Å². The minimum absolute atomic E-state index is 0.198. The molecule has 0 aliphatic rings. The zero-order valence-corrected chi connectivity index (χ0v) is 10.2. The molecule has 3 heteroatoms. The summed E-state index contributed by atoms with van der Waals surface area (Å²) < 4.78 is 14.2. The van der Waals surface area contributed by atoms with Gasteiger partial charge in [-0.3, -0.25) is 0 Å². The second-order valence-electron chi connectivity index (χ2n) is 2.99. The summed E-state index contributed by atoms with van der Waals surface area (Å²) in [6.45, 7) is 1.89. The lowest BCUT2D eigenvalue weighted by Crippen LogP contribution is -1.87. The second kappa shape index (κ2) is 5.52. The standard InChI is InChI=1S/C11H11BrClF/c1-8(3-2-6-13)10-7-9(12)4-5-11(10)14/h3-5,7H,2,6H2,1H3. The minimum atomic E-state index is -0.198. The Morgan fingerprint density at radius 1 is 1.57 bits per heavy atom. The zero-order valence-electron chi connectivity index (χ0n) is 7.86. The van der Waals surface area contributed by atoms with Crippen LogP contribution in [0.1, 0.15) is 18.9 Å². The van der Waals surface area contributed by atoms with E-state index in [2.05, 4.69) is 15.9 Å². The number of rotatable bonds is 3. The van der Waals surface area contributed by atoms with E-state index in [9.17, 15) is 4.39 Å². The topological polar surface area (TPSA) is 0 Å². The quantitative estimate of drug-likeness (QED) is 0.707. The molecule has 0 heterocycles. The van der Waals surface area contributed by atoms with Gasteiger partial charge in [0.2, 0.25) is 0 Å². The maximum atomic E-state index is 13.4. The average molecular weight is 278 g/mol. The van der Waals surface area contributed by atoms with Crippen molar-refractivity contribution in [2.24, 2.45) is 0 Å². The Labute approximate surface area is 96.9 Å². The van der Waals surface area contributed by atoms with Gasteiger partial charge in [0, 0.05) is 15.9 Å². The van der Waals surface area contributed by atoms with Gasteiger partial charge in [0.1, 0.15) is 5.82 Å². The Balaban J connectivity index is 2.99. The van der Waals surface area contributed by atoms with Crippen LogP contribution in [0.15, 0.2) is 28.7 Å². The van der Waals surface area contributed by atoms with Gasteiger partial charge in [-0.1, -0.05) is 22.0 Å². The fraction of sp³-hybridized carbons (Fsp3) is 0.273. The summed E-state index contributed by atoms with van der Waals surface area (Å²) in [6, 6.07) is 4.92. The van der Waals surface area contributed by atoms with Crippen molar-refractivity contribution in [1.82, 2.24) is 0 Å². The highest BCUT2D eigenvalue weighted by Gasteiger charge is 2.03. The predicted octanol–water partition coefficient (Wildman–Crippen LogP) is 4.62. The van der Waals surface area contributed by atoms with E-state index >= 15 is 0 Å². The van der Waals surface area contributed by atoms with Crippen molar-refractivity contribution in [2.45, 2.75) is 13.3 Å². The van der Waals surface area contributed by atoms with E-state index in [1.54, 1.807) is 12.1 Å². The summed E-state index contributed by atoms with van der Waals surface area (Å²) in [5.41, 5.74) is 1.55. The van der Waals surface area contributed by atoms with Crippen molar-refractivity contribution in [3.05, 3.63) is 40.1 Å². The van der Waals surface area contributed by atoms with Crippen molar-refractivity contribution in [3.8, 4) is 0 Å². The summed E-state index contributed by atoms with van der Waals surface area (Å²) in [7, 11) is 0. The molecule has 0 aromatic heterocycles. The summed E-state index contributed by atoms with van der Waals surface area (Å²) >= 11 is 8.87. The molecule has 0 radical (unpaired) electrons. The fourth-order valence-corrected chi connectivity index (χ4v) is 1.65. The van der Waals surface area contributed by atoms with Crippen molar-refractivity contribution in [2.75, 3.05) is 5.88 Å². The molecule has 0 amide bonds. The van der Waals surface area contributed by atoms with Crippen molar-refractivity contribution < 1.29 is 4.39 Å². The first-order valence-electron chi connectivity index (χ1n) is 4.33. The van der Waals surface area contributed by atoms with Crippen LogP contribution in [0.2, 0.25) is 0 Å². The lowest BCUT2D eigenvalue weighted by Gasteiger charge is -2.03. The van der Waals surface area contributed by atoms with E-state index in [0.717, 1.165) is 16.5 Å². The van der Waals surface area contributed by atoms with Gasteiger partial charge in [-0.2, -0.15) is 0 Å². The van der Waals surface area contributed by atoms with Crippen molar-refractivity contribution in [1.29, 1.82) is 0 Å². The summed E-state index contributed by atoms with van der Waals surface area (Å²) in [4.78, 5) is 0. The number of allylic oxidation sites excluding steroid dienone is 2. The molecule has 0 atom stereocenters. The molecule has 0 nitrogen and oxygen atoms in total. The molecule has 1 rings (SSSR count). The maximum Gasteiger partial charge on any atom is 0.130 e. The summed E-state index contributed by atoms with van der Waals surface area (Å²) in [5.74, 6) is 0.365. The van der Waals surface area contributed by atoms with E-state index in [1.165, 1.54) is 6.07 Å². The zero-order chi connectivity index (χ0) is 10.6. The Kier molecular flexibility index (Phi) is 4.63. The molecular formula is C11H11BrClF. The van der Waals surface area contributed by atoms with Gasteiger partial charge in [-0.25, -0.2) is 4.39 Å².